The summed E-state index contributed by atoms with van der Waals surface area (Å²) in [5, 5.41) is 22.0. The number of aromatic nitrogens is 2. The molecule has 188 valence electrons. The Balaban J connectivity index is 1.90. The van der Waals surface area contributed by atoms with Gasteiger partial charge in [0.05, 0.1) is 11.6 Å². The van der Waals surface area contributed by atoms with Crippen LogP contribution in [-0.2, 0) is 22.7 Å². The first-order chi connectivity index (χ1) is 17.1. The average molecular weight is 512 g/mol. The summed E-state index contributed by atoms with van der Waals surface area (Å²) in [6, 6.07) is 13.4. The van der Waals surface area contributed by atoms with Crippen LogP contribution in [0.4, 0.5) is 11.5 Å². The van der Waals surface area contributed by atoms with Crippen LogP contribution in [0.15, 0.2) is 53.3 Å². The number of nitrogens with zero attached hydrogens (tertiary/aromatic N) is 2. The summed E-state index contributed by atoms with van der Waals surface area (Å²) in [4.78, 5) is 41.4. The van der Waals surface area contributed by atoms with Gasteiger partial charge in [-0.2, -0.15) is 0 Å². The minimum atomic E-state index is -1.04. The van der Waals surface area contributed by atoms with E-state index >= 15 is 0 Å². The number of anilines is 2. The van der Waals surface area contributed by atoms with Crippen molar-refractivity contribution in [3.63, 3.8) is 0 Å². The number of carboxylic acids is 1. The highest BCUT2D eigenvalue weighted by atomic mass is 35.5. The van der Waals surface area contributed by atoms with Gasteiger partial charge in [-0.1, -0.05) is 54.9 Å². The first-order valence-corrected chi connectivity index (χ1v) is 11.3. The number of aliphatic carboxylic acids is 1. The molecule has 0 bridgehead atoms. The molecule has 0 aliphatic heterocycles. The molecule has 0 saturated carbocycles. The summed E-state index contributed by atoms with van der Waals surface area (Å²) < 4.78 is 1.17. The van der Waals surface area contributed by atoms with Crippen molar-refractivity contribution in [2.75, 3.05) is 17.6 Å². The third-order valence-electron chi connectivity index (χ3n) is 5.34. The van der Waals surface area contributed by atoms with Crippen molar-refractivity contribution in [1.29, 1.82) is 5.41 Å². The average Bonchev–Trinajstić information content (AvgIpc) is 2.83. The number of halogens is 1. The Kier molecular flexibility index (Phi) is 8.28. The molecule has 2 aromatic carbocycles. The van der Waals surface area contributed by atoms with Gasteiger partial charge >= 0.3 is 5.97 Å². The molecule has 11 nitrogen and oxygen atoms in total. The summed E-state index contributed by atoms with van der Waals surface area (Å²) >= 11 is 6.44. The molecule has 1 amide bonds. The molecule has 1 heterocycles. The number of carbonyl (C=O) groups is 2. The normalized spacial score (nSPS) is 11.5. The van der Waals surface area contributed by atoms with Gasteiger partial charge in [0.2, 0.25) is 5.91 Å². The highest BCUT2D eigenvalue weighted by Gasteiger charge is 2.20. The molecule has 0 fully saturated rings. The fourth-order valence-corrected chi connectivity index (χ4v) is 3.60. The van der Waals surface area contributed by atoms with Gasteiger partial charge in [0.15, 0.2) is 11.0 Å². The molecule has 0 aliphatic carbocycles. The largest absolute Gasteiger partial charge is 0.481 e. The highest BCUT2D eigenvalue weighted by molar-refractivity contribution is 6.32. The fraction of sp³-hybridized carbons (Fsp3) is 0.208. The predicted molar refractivity (Wildman–Crippen MR) is 138 cm³/mol. The molecule has 3 rings (SSSR count). The number of nitrogen functional groups attached to an aromatic ring is 2. The van der Waals surface area contributed by atoms with E-state index in [0.717, 1.165) is 5.56 Å². The quantitative estimate of drug-likeness (QED) is 0.135. The zero-order valence-electron chi connectivity index (χ0n) is 19.4. The number of hydrogen-bond donors (Lipinski definition) is 6. The molecule has 1 unspecified atom stereocenters. The van der Waals surface area contributed by atoms with Gasteiger partial charge in [0.25, 0.3) is 5.56 Å². The van der Waals surface area contributed by atoms with Crippen LogP contribution in [0.5, 0.6) is 0 Å². The molecule has 0 radical (unpaired) electrons. The second-order valence-corrected chi connectivity index (χ2v) is 8.48. The smallest absolute Gasteiger partial charge is 0.308 e. The number of amides is 1. The second-order valence-electron chi connectivity index (χ2n) is 8.12. The third-order valence-corrected chi connectivity index (χ3v) is 5.60. The molecule has 0 saturated heterocycles. The summed E-state index contributed by atoms with van der Waals surface area (Å²) in [5.41, 5.74) is 13.2. The summed E-state index contributed by atoms with van der Waals surface area (Å²) in [7, 11) is 0. The van der Waals surface area contributed by atoms with E-state index in [9.17, 15) is 14.4 Å². The molecule has 1 atom stereocenters. The van der Waals surface area contributed by atoms with E-state index < -0.39 is 23.4 Å². The van der Waals surface area contributed by atoms with Crippen molar-refractivity contribution < 1.29 is 14.7 Å². The van der Waals surface area contributed by atoms with E-state index in [1.807, 2.05) is 0 Å². The first kappa shape index (κ1) is 26.2. The Morgan fingerprint density at radius 2 is 1.92 bits per heavy atom. The van der Waals surface area contributed by atoms with E-state index in [4.69, 9.17) is 33.6 Å². The van der Waals surface area contributed by atoms with E-state index in [2.05, 4.69) is 15.6 Å². The lowest BCUT2D eigenvalue weighted by molar-refractivity contribution is -0.140. The molecule has 1 aromatic heterocycles. The topological polar surface area (TPSA) is 189 Å². The molecule has 8 N–H and O–H groups in total. The highest BCUT2D eigenvalue weighted by Crippen LogP contribution is 2.27. The zero-order valence-corrected chi connectivity index (χ0v) is 20.2. The number of carbonyl (C=O) groups excluding carboxylic acids is 1. The van der Waals surface area contributed by atoms with Crippen molar-refractivity contribution in [3.8, 4) is 11.3 Å². The van der Waals surface area contributed by atoms with Crippen LogP contribution in [0, 0.1) is 11.3 Å². The molecular weight excluding hydrogens is 486 g/mol. The number of amidine groups is 1. The lowest BCUT2D eigenvalue weighted by atomic mass is 10.1. The van der Waals surface area contributed by atoms with E-state index in [1.54, 1.807) is 48.5 Å². The number of carboxylic acid groups (broad SMARTS) is 1. The Labute approximate surface area is 211 Å². The zero-order chi connectivity index (χ0) is 26.4. The van der Waals surface area contributed by atoms with Gasteiger partial charge in [-0.15, -0.1) is 0 Å². The van der Waals surface area contributed by atoms with Crippen molar-refractivity contribution in [2.45, 2.75) is 20.0 Å². The van der Waals surface area contributed by atoms with E-state index in [1.165, 1.54) is 11.5 Å². The summed E-state index contributed by atoms with van der Waals surface area (Å²) in [6.45, 7) is 1.22. The lowest BCUT2D eigenvalue weighted by Gasteiger charge is -2.17. The maximum atomic E-state index is 13.3. The van der Waals surface area contributed by atoms with Crippen molar-refractivity contribution in [2.24, 2.45) is 11.7 Å². The maximum absolute atomic E-state index is 13.3. The number of nitrogens with two attached hydrogens (primary N) is 2. The molecular formula is C24H26ClN7O4. The van der Waals surface area contributed by atoms with Crippen LogP contribution in [0.1, 0.15) is 18.1 Å². The minimum absolute atomic E-state index is 0.0571. The number of nitrogens with one attached hydrogen (secondary N) is 3. The van der Waals surface area contributed by atoms with Gasteiger partial charge in [-0.05, 0) is 17.7 Å². The van der Waals surface area contributed by atoms with Crippen molar-refractivity contribution in [3.05, 3.63) is 75.2 Å². The molecule has 3 aromatic rings. The van der Waals surface area contributed by atoms with Gasteiger partial charge < -0.3 is 27.2 Å². The Hall–Kier alpha value is -4.38. The SMILES string of the molecule is CC(CNc1nc(Cl)c(-c2cccc(N)c2)n(CC(=O)NCc2ccc(C(=N)N)cc2)c1=O)C(=O)O. The molecule has 0 aliphatic rings. The van der Waals surface area contributed by atoms with Crippen LogP contribution < -0.4 is 27.7 Å². The fourth-order valence-electron chi connectivity index (χ4n) is 3.31. The summed E-state index contributed by atoms with van der Waals surface area (Å²) in [6.07, 6.45) is 0. The lowest BCUT2D eigenvalue weighted by Crippen LogP contribution is -2.35. The second kappa shape index (κ2) is 11.4. The van der Waals surface area contributed by atoms with Gasteiger partial charge in [0.1, 0.15) is 12.4 Å². The monoisotopic (exact) mass is 511 g/mol. The Morgan fingerprint density at radius 1 is 1.22 bits per heavy atom. The van der Waals surface area contributed by atoms with Gasteiger partial charge in [0, 0.05) is 29.9 Å². The third kappa shape index (κ3) is 6.39. The van der Waals surface area contributed by atoms with Crippen molar-refractivity contribution >= 4 is 40.8 Å². The van der Waals surface area contributed by atoms with E-state index in [-0.39, 0.29) is 42.1 Å². The Bertz CT molecular complexity index is 1360. The van der Waals surface area contributed by atoms with Gasteiger partial charge in [-0.25, -0.2) is 4.98 Å². The van der Waals surface area contributed by atoms with Crippen LogP contribution >= 0.6 is 11.6 Å². The van der Waals surface area contributed by atoms with Crippen LogP contribution in [0.3, 0.4) is 0 Å². The minimum Gasteiger partial charge on any atom is -0.481 e. The maximum Gasteiger partial charge on any atom is 0.308 e. The first-order valence-electron chi connectivity index (χ1n) is 10.9. The van der Waals surface area contributed by atoms with Crippen LogP contribution in [0.2, 0.25) is 5.15 Å². The van der Waals surface area contributed by atoms with Gasteiger partial charge in [-0.3, -0.25) is 24.4 Å². The van der Waals surface area contributed by atoms with Crippen LogP contribution in [-0.4, -0.2) is 38.9 Å². The molecule has 0 spiro atoms. The summed E-state index contributed by atoms with van der Waals surface area (Å²) in [5.74, 6) is -2.53. The standard InChI is InChI=1S/C24H26ClN7O4/c1-13(24(35)36)10-30-22-23(34)32(19(20(25)31-22)16-3-2-4-17(26)9-16)12-18(33)29-11-14-5-7-15(8-6-14)21(27)28/h2-9,13H,10-12,26H2,1H3,(H3,27,28)(H,29,33)(H,30,31)(H,35,36). The molecule has 36 heavy (non-hydrogen) atoms. The number of rotatable bonds is 10. The Morgan fingerprint density at radius 3 is 2.53 bits per heavy atom. The van der Waals surface area contributed by atoms with Crippen molar-refractivity contribution in [1.82, 2.24) is 14.9 Å². The van der Waals surface area contributed by atoms with E-state index in [0.29, 0.717) is 16.8 Å². The predicted octanol–water partition coefficient (Wildman–Crippen LogP) is 1.88. The molecule has 12 heteroatoms. The number of benzene rings is 2. The van der Waals surface area contributed by atoms with Crippen LogP contribution in [0.25, 0.3) is 11.3 Å². The number of hydrogen-bond acceptors (Lipinski definition) is 7.